The van der Waals surface area contributed by atoms with Gasteiger partial charge < -0.3 is 4.42 Å². The van der Waals surface area contributed by atoms with E-state index in [0.29, 0.717) is 38.2 Å². The number of amides is 1. The van der Waals surface area contributed by atoms with Gasteiger partial charge in [0.1, 0.15) is 5.58 Å². The van der Waals surface area contributed by atoms with Crippen molar-refractivity contribution < 1.29 is 9.21 Å². The number of benzene rings is 3. The third-order valence-electron chi connectivity index (χ3n) is 6.18. The molecule has 4 aromatic rings. The second-order valence-corrected chi connectivity index (χ2v) is 9.49. The zero-order valence-corrected chi connectivity index (χ0v) is 19.9. The fourth-order valence-corrected chi connectivity index (χ4v) is 4.67. The molecule has 0 radical (unpaired) electrons. The van der Waals surface area contributed by atoms with Crippen LogP contribution in [0.15, 0.2) is 69.9 Å². The molecule has 0 saturated heterocycles. The Labute approximate surface area is 201 Å². The van der Waals surface area contributed by atoms with Gasteiger partial charge in [-0.15, -0.1) is 0 Å². The molecule has 3 aromatic carbocycles. The lowest BCUT2D eigenvalue weighted by atomic mass is 9.95. The van der Waals surface area contributed by atoms with Gasteiger partial charge in [-0.05, 0) is 59.9 Å². The summed E-state index contributed by atoms with van der Waals surface area (Å²) in [5.74, 6) is 0.0287. The number of fused-ring (bicyclic) bond motifs is 2. The van der Waals surface area contributed by atoms with E-state index in [-0.39, 0.29) is 17.1 Å². The lowest BCUT2D eigenvalue weighted by Crippen LogP contribution is -2.29. The Balaban J connectivity index is 1.79. The lowest BCUT2D eigenvalue weighted by molar-refractivity contribution is 0.0971. The van der Waals surface area contributed by atoms with E-state index in [0.717, 1.165) is 11.1 Å². The molecule has 5 rings (SSSR count). The SMILES string of the molecule is Cc1ccc(N2C(=O)c3oc4ccc(Cl)cc4c(=O)c3C2c2ccc(C(C)C)cc2)cc1Cl. The van der Waals surface area contributed by atoms with E-state index in [1.807, 2.05) is 43.3 Å². The third-order valence-corrected chi connectivity index (χ3v) is 6.83. The summed E-state index contributed by atoms with van der Waals surface area (Å²) in [7, 11) is 0. The van der Waals surface area contributed by atoms with Crippen LogP contribution in [0.25, 0.3) is 11.0 Å². The minimum atomic E-state index is -0.646. The molecule has 6 heteroatoms. The molecule has 0 N–H and O–H groups in total. The number of nitrogens with zero attached hydrogens (tertiary/aromatic N) is 1. The van der Waals surface area contributed by atoms with E-state index in [4.69, 9.17) is 27.6 Å². The first-order valence-electron chi connectivity index (χ1n) is 10.7. The summed E-state index contributed by atoms with van der Waals surface area (Å²) in [6, 6.07) is 17.6. The van der Waals surface area contributed by atoms with Gasteiger partial charge in [0, 0.05) is 15.7 Å². The van der Waals surface area contributed by atoms with E-state index in [9.17, 15) is 9.59 Å². The highest BCUT2D eigenvalue weighted by molar-refractivity contribution is 6.32. The van der Waals surface area contributed by atoms with Crippen molar-refractivity contribution in [1.29, 1.82) is 0 Å². The van der Waals surface area contributed by atoms with Gasteiger partial charge in [-0.2, -0.15) is 0 Å². The van der Waals surface area contributed by atoms with Crippen LogP contribution in [0.3, 0.4) is 0 Å². The molecule has 4 nitrogen and oxygen atoms in total. The summed E-state index contributed by atoms with van der Waals surface area (Å²) in [6.07, 6.45) is 0. The summed E-state index contributed by atoms with van der Waals surface area (Å²) < 4.78 is 5.99. The van der Waals surface area contributed by atoms with Crippen molar-refractivity contribution in [2.24, 2.45) is 0 Å². The Morgan fingerprint density at radius 2 is 1.67 bits per heavy atom. The topological polar surface area (TPSA) is 50.5 Å². The van der Waals surface area contributed by atoms with Gasteiger partial charge in [-0.1, -0.05) is 67.4 Å². The maximum absolute atomic E-state index is 13.7. The van der Waals surface area contributed by atoms with E-state index in [1.54, 1.807) is 29.2 Å². The van der Waals surface area contributed by atoms with Gasteiger partial charge in [0.05, 0.1) is 17.0 Å². The Kier molecular flexibility index (Phi) is 5.31. The van der Waals surface area contributed by atoms with E-state index in [2.05, 4.69) is 13.8 Å². The Morgan fingerprint density at radius 1 is 0.939 bits per heavy atom. The first kappa shape index (κ1) is 21.7. The number of halogens is 2. The quantitative estimate of drug-likeness (QED) is 0.311. The van der Waals surface area contributed by atoms with Crippen LogP contribution in [0.2, 0.25) is 10.0 Å². The fourth-order valence-electron chi connectivity index (χ4n) is 4.32. The van der Waals surface area contributed by atoms with Crippen molar-refractivity contribution in [1.82, 2.24) is 0 Å². The molecule has 166 valence electrons. The standard InChI is InChI=1S/C27H21Cl2NO3/c1-14(2)16-5-7-17(8-6-16)24-23-25(31)20-12-18(28)9-11-22(20)33-26(23)27(32)30(24)19-10-4-15(3)21(29)13-19/h4-14,24H,1-3H3. The van der Waals surface area contributed by atoms with Gasteiger partial charge in [-0.25, -0.2) is 0 Å². The molecular weight excluding hydrogens is 457 g/mol. The van der Waals surface area contributed by atoms with E-state index < -0.39 is 6.04 Å². The maximum atomic E-state index is 13.7. The number of hydrogen-bond acceptors (Lipinski definition) is 3. The average Bonchev–Trinajstić information content (AvgIpc) is 3.09. The summed E-state index contributed by atoms with van der Waals surface area (Å²) >= 11 is 12.6. The minimum Gasteiger partial charge on any atom is -0.450 e. The number of hydrogen-bond donors (Lipinski definition) is 0. The highest BCUT2D eigenvalue weighted by Gasteiger charge is 2.43. The minimum absolute atomic E-state index is 0.0458. The van der Waals surface area contributed by atoms with Gasteiger partial charge in [0.2, 0.25) is 5.76 Å². The Hall–Kier alpha value is -3.08. The molecular formula is C27H21Cl2NO3. The average molecular weight is 478 g/mol. The number of aryl methyl sites for hydroxylation is 1. The lowest BCUT2D eigenvalue weighted by Gasteiger charge is -2.26. The van der Waals surface area contributed by atoms with Crippen LogP contribution in [-0.4, -0.2) is 5.91 Å². The van der Waals surface area contributed by atoms with Crippen molar-refractivity contribution >= 4 is 45.8 Å². The van der Waals surface area contributed by atoms with Crippen LogP contribution >= 0.6 is 23.2 Å². The summed E-state index contributed by atoms with van der Waals surface area (Å²) in [5, 5.41) is 1.32. The molecule has 0 spiro atoms. The molecule has 2 heterocycles. The molecule has 0 saturated carbocycles. The van der Waals surface area contributed by atoms with Crippen LogP contribution in [0.4, 0.5) is 5.69 Å². The van der Waals surface area contributed by atoms with Gasteiger partial charge in [0.15, 0.2) is 5.43 Å². The first-order chi connectivity index (χ1) is 15.8. The smallest absolute Gasteiger partial charge is 0.295 e. The first-order valence-corrected chi connectivity index (χ1v) is 11.5. The second kappa shape index (κ2) is 8.05. The molecule has 0 fully saturated rings. The molecule has 33 heavy (non-hydrogen) atoms. The van der Waals surface area contributed by atoms with Gasteiger partial charge >= 0.3 is 0 Å². The van der Waals surface area contributed by atoms with Gasteiger partial charge in [0.25, 0.3) is 5.91 Å². The van der Waals surface area contributed by atoms with Crippen LogP contribution in [0.1, 0.15) is 58.6 Å². The molecule has 1 atom stereocenters. The van der Waals surface area contributed by atoms with Crippen molar-refractivity contribution in [3.8, 4) is 0 Å². The van der Waals surface area contributed by atoms with Crippen molar-refractivity contribution in [3.63, 3.8) is 0 Å². The van der Waals surface area contributed by atoms with Crippen molar-refractivity contribution in [3.05, 3.63) is 109 Å². The molecule has 0 aliphatic carbocycles. The zero-order chi connectivity index (χ0) is 23.4. The Morgan fingerprint density at radius 3 is 2.33 bits per heavy atom. The van der Waals surface area contributed by atoms with E-state index in [1.165, 1.54) is 5.56 Å². The highest BCUT2D eigenvalue weighted by atomic mass is 35.5. The van der Waals surface area contributed by atoms with E-state index >= 15 is 0 Å². The van der Waals surface area contributed by atoms with Crippen LogP contribution < -0.4 is 10.3 Å². The van der Waals surface area contributed by atoms with Crippen molar-refractivity contribution in [2.45, 2.75) is 32.7 Å². The number of rotatable bonds is 3. The highest BCUT2D eigenvalue weighted by Crippen LogP contribution is 2.42. The summed E-state index contributed by atoms with van der Waals surface area (Å²) in [4.78, 5) is 28.9. The normalized spacial score (nSPS) is 15.5. The largest absolute Gasteiger partial charge is 0.450 e. The zero-order valence-electron chi connectivity index (χ0n) is 18.4. The van der Waals surface area contributed by atoms with Crippen molar-refractivity contribution in [2.75, 3.05) is 4.90 Å². The fraction of sp³-hybridized carbons (Fsp3) is 0.185. The molecule has 1 unspecified atom stereocenters. The summed E-state index contributed by atoms with van der Waals surface area (Å²) in [5.41, 5.74) is 3.86. The Bertz CT molecular complexity index is 1470. The molecule has 0 bridgehead atoms. The van der Waals surface area contributed by atoms with Crippen LogP contribution in [-0.2, 0) is 0 Å². The maximum Gasteiger partial charge on any atom is 0.295 e. The predicted octanol–water partition coefficient (Wildman–Crippen LogP) is 7.28. The third kappa shape index (κ3) is 3.54. The molecule has 1 aliphatic rings. The predicted molar refractivity (Wildman–Crippen MR) is 133 cm³/mol. The number of carbonyl (C=O) groups excluding carboxylic acids is 1. The molecule has 1 amide bonds. The van der Waals surface area contributed by atoms with Crippen LogP contribution in [0, 0.1) is 6.92 Å². The number of anilines is 1. The van der Waals surface area contributed by atoms with Crippen LogP contribution in [0.5, 0.6) is 0 Å². The summed E-state index contributed by atoms with van der Waals surface area (Å²) in [6.45, 7) is 6.14. The molecule has 1 aliphatic heterocycles. The molecule has 1 aromatic heterocycles. The monoisotopic (exact) mass is 477 g/mol. The van der Waals surface area contributed by atoms with Gasteiger partial charge in [-0.3, -0.25) is 14.5 Å². The number of carbonyl (C=O) groups is 1. The second-order valence-electron chi connectivity index (χ2n) is 8.65.